The van der Waals surface area contributed by atoms with E-state index in [0.717, 1.165) is 31.6 Å². The molecule has 0 saturated carbocycles. The van der Waals surface area contributed by atoms with Gasteiger partial charge in [0.15, 0.2) is 0 Å². The summed E-state index contributed by atoms with van der Waals surface area (Å²) >= 11 is 0. The molecule has 1 amide bonds. The van der Waals surface area contributed by atoms with Crippen LogP contribution in [0.5, 0.6) is 0 Å². The molecule has 0 fully saturated rings. The first-order valence-corrected chi connectivity index (χ1v) is 4.44. The fourth-order valence-electron chi connectivity index (χ4n) is 1.39. The van der Waals surface area contributed by atoms with Gasteiger partial charge in [-0.1, -0.05) is 0 Å². The second-order valence-corrected chi connectivity index (χ2v) is 3.07. The highest BCUT2D eigenvalue weighted by atomic mass is 16.1. The molecule has 12 heavy (non-hydrogen) atoms. The van der Waals surface area contributed by atoms with E-state index in [2.05, 4.69) is 17.1 Å². The molecule has 3 heteroatoms. The molecule has 1 aliphatic rings. The Hall–Kier alpha value is -0.990. The van der Waals surface area contributed by atoms with Gasteiger partial charge in [0.05, 0.1) is 0 Å². The molecule has 0 spiro atoms. The third-order valence-electron chi connectivity index (χ3n) is 1.97. The first-order chi connectivity index (χ1) is 5.72. The maximum absolute atomic E-state index is 10.7. The molecule has 0 aliphatic carbocycles. The number of hydrogen-bond acceptors (Lipinski definition) is 2. The zero-order valence-electron chi connectivity index (χ0n) is 7.76. The molecule has 0 aromatic rings. The Morgan fingerprint density at radius 2 is 2.50 bits per heavy atom. The number of allylic oxidation sites excluding steroid dienone is 1. The Morgan fingerprint density at radius 1 is 1.75 bits per heavy atom. The second kappa shape index (κ2) is 4.14. The van der Waals surface area contributed by atoms with Gasteiger partial charge in [-0.3, -0.25) is 4.79 Å². The predicted octanol–water partition coefficient (Wildman–Crippen LogP) is 1.08. The van der Waals surface area contributed by atoms with Crippen LogP contribution in [0.25, 0.3) is 0 Å². The minimum Gasteiger partial charge on any atom is -0.376 e. The molecule has 1 rings (SSSR count). The third kappa shape index (κ3) is 2.57. The Labute approximate surface area is 73.4 Å². The molecule has 0 unspecified atom stereocenters. The van der Waals surface area contributed by atoms with Crippen LogP contribution in [-0.2, 0) is 4.79 Å². The molecule has 1 heterocycles. The number of amides is 1. The highest BCUT2D eigenvalue weighted by Gasteiger charge is 2.08. The third-order valence-corrected chi connectivity index (χ3v) is 1.97. The van der Waals surface area contributed by atoms with Crippen LogP contribution in [0.3, 0.4) is 0 Å². The van der Waals surface area contributed by atoms with Gasteiger partial charge in [0, 0.05) is 31.9 Å². The fourth-order valence-corrected chi connectivity index (χ4v) is 1.39. The van der Waals surface area contributed by atoms with E-state index >= 15 is 0 Å². The van der Waals surface area contributed by atoms with E-state index in [4.69, 9.17) is 0 Å². The molecule has 0 atom stereocenters. The van der Waals surface area contributed by atoms with Gasteiger partial charge in [0.2, 0.25) is 5.91 Å². The second-order valence-electron chi connectivity index (χ2n) is 3.07. The van der Waals surface area contributed by atoms with Crippen molar-refractivity contribution < 1.29 is 4.79 Å². The van der Waals surface area contributed by atoms with Gasteiger partial charge in [-0.15, -0.1) is 0 Å². The van der Waals surface area contributed by atoms with Crippen molar-refractivity contribution >= 4 is 5.91 Å². The Bertz CT molecular complexity index is 199. The van der Waals surface area contributed by atoms with Crippen LogP contribution in [0.2, 0.25) is 0 Å². The monoisotopic (exact) mass is 168 g/mol. The summed E-state index contributed by atoms with van der Waals surface area (Å²) in [5.41, 5.74) is 1.05. The van der Waals surface area contributed by atoms with Crippen molar-refractivity contribution in [3.63, 3.8) is 0 Å². The van der Waals surface area contributed by atoms with Crippen LogP contribution in [0.1, 0.15) is 26.7 Å². The molecule has 0 aromatic heterocycles. The van der Waals surface area contributed by atoms with E-state index in [0.29, 0.717) is 0 Å². The van der Waals surface area contributed by atoms with Crippen LogP contribution in [0.15, 0.2) is 11.9 Å². The van der Waals surface area contributed by atoms with Crippen molar-refractivity contribution in [3.05, 3.63) is 11.9 Å². The molecular formula is C9H16N2O. The molecule has 68 valence electrons. The number of nitrogens with zero attached hydrogens (tertiary/aromatic N) is 1. The number of hydrogen-bond donors (Lipinski definition) is 1. The highest BCUT2D eigenvalue weighted by molar-refractivity contribution is 5.74. The highest BCUT2D eigenvalue weighted by Crippen LogP contribution is 2.11. The topological polar surface area (TPSA) is 32.3 Å². The summed E-state index contributed by atoms with van der Waals surface area (Å²) in [4.78, 5) is 13.0. The SMILES string of the molecule is CCN1C=C(NC(C)=O)CCC1. The van der Waals surface area contributed by atoms with E-state index in [1.165, 1.54) is 0 Å². The van der Waals surface area contributed by atoms with Crippen molar-refractivity contribution in [1.82, 2.24) is 10.2 Å². The lowest BCUT2D eigenvalue weighted by Crippen LogP contribution is -2.29. The number of rotatable bonds is 2. The van der Waals surface area contributed by atoms with Gasteiger partial charge in [-0.05, 0) is 19.8 Å². The molecule has 0 aromatic carbocycles. The summed E-state index contributed by atoms with van der Waals surface area (Å²) < 4.78 is 0. The number of carbonyl (C=O) groups is 1. The molecule has 1 N–H and O–H groups in total. The van der Waals surface area contributed by atoms with Crippen LogP contribution < -0.4 is 5.32 Å². The van der Waals surface area contributed by atoms with Gasteiger partial charge in [0.25, 0.3) is 0 Å². The first-order valence-electron chi connectivity index (χ1n) is 4.44. The molecule has 0 saturated heterocycles. The number of carbonyl (C=O) groups excluding carboxylic acids is 1. The van der Waals surface area contributed by atoms with Gasteiger partial charge >= 0.3 is 0 Å². The smallest absolute Gasteiger partial charge is 0.221 e. The number of nitrogens with one attached hydrogen (secondary N) is 1. The van der Waals surface area contributed by atoms with E-state index in [-0.39, 0.29) is 5.91 Å². The van der Waals surface area contributed by atoms with Crippen molar-refractivity contribution in [3.8, 4) is 0 Å². The van der Waals surface area contributed by atoms with E-state index in [1.807, 2.05) is 6.20 Å². The minimum atomic E-state index is 0.0270. The summed E-state index contributed by atoms with van der Waals surface area (Å²) in [6, 6.07) is 0. The van der Waals surface area contributed by atoms with E-state index in [9.17, 15) is 4.79 Å². The summed E-state index contributed by atoms with van der Waals surface area (Å²) in [5.74, 6) is 0.0270. The summed E-state index contributed by atoms with van der Waals surface area (Å²) in [7, 11) is 0. The molecule has 3 nitrogen and oxygen atoms in total. The maximum Gasteiger partial charge on any atom is 0.221 e. The van der Waals surface area contributed by atoms with Crippen molar-refractivity contribution in [2.45, 2.75) is 26.7 Å². The van der Waals surface area contributed by atoms with Gasteiger partial charge in [0.1, 0.15) is 0 Å². The van der Waals surface area contributed by atoms with Crippen LogP contribution in [0.4, 0.5) is 0 Å². The van der Waals surface area contributed by atoms with E-state index < -0.39 is 0 Å². The first kappa shape index (κ1) is 9.10. The maximum atomic E-state index is 10.7. The summed E-state index contributed by atoms with van der Waals surface area (Å²) in [5, 5.41) is 2.83. The van der Waals surface area contributed by atoms with Crippen LogP contribution in [0, 0.1) is 0 Å². The molecule has 0 bridgehead atoms. The average molecular weight is 168 g/mol. The Kier molecular flexibility index (Phi) is 3.14. The van der Waals surface area contributed by atoms with Crippen molar-refractivity contribution in [2.24, 2.45) is 0 Å². The summed E-state index contributed by atoms with van der Waals surface area (Å²) in [6.07, 6.45) is 4.18. The molecular weight excluding hydrogens is 152 g/mol. The summed E-state index contributed by atoms with van der Waals surface area (Å²) in [6.45, 7) is 5.79. The Balaban J connectivity index is 2.51. The molecule has 0 radical (unpaired) electrons. The largest absolute Gasteiger partial charge is 0.376 e. The average Bonchev–Trinajstić information content (AvgIpc) is 2.03. The zero-order valence-corrected chi connectivity index (χ0v) is 7.76. The fraction of sp³-hybridized carbons (Fsp3) is 0.667. The van der Waals surface area contributed by atoms with Crippen LogP contribution in [-0.4, -0.2) is 23.9 Å². The van der Waals surface area contributed by atoms with E-state index in [1.54, 1.807) is 6.92 Å². The Morgan fingerprint density at radius 3 is 3.08 bits per heavy atom. The predicted molar refractivity (Wildman–Crippen MR) is 48.4 cm³/mol. The molecule has 1 aliphatic heterocycles. The van der Waals surface area contributed by atoms with Gasteiger partial charge in [-0.25, -0.2) is 0 Å². The van der Waals surface area contributed by atoms with Crippen molar-refractivity contribution in [2.75, 3.05) is 13.1 Å². The van der Waals surface area contributed by atoms with Gasteiger partial charge in [-0.2, -0.15) is 0 Å². The standard InChI is InChI=1S/C9H16N2O/c1-3-11-6-4-5-9(7-11)10-8(2)12/h7H,3-6H2,1-2H3,(H,10,12). The minimum absolute atomic E-state index is 0.0270. The van der Waals surface area contributed by atoms with Crippen molar-refractivity contribution in [1.29, 1.82) is 0 Å². The van der Waals surface area contributed by atoms with Crippen LogP contribution >= 0.6 is 0 Å². The lowest BCUT2D eigenvalue weighted by molar-refractivity contribution is -0.118. The zero-order chi connectivity index (χ0) is 8.97. The lowest BCUT2D eigenvalue weighted by Gasteiger charge is -2.25. The normalized spacial score (nSPS) is 17.2. The van der Waals surface area contributed by atoms with Gasteiger partial charge < -0.3 is 10.2 Å². The quantitative estimate of drug-likeness (QED) is 0.669. The lowest BCUT2D eigenvalue weighted by atomic mass is 10.2.